The van der Waals surface area contributed by atoms with Crippen molar-refractivity contribution in [2.24, 2.45) is 0 Å². The first kappa shape index (κ1) is 28.3. The lowest BCUT2D eigenvalue weighted by molar-refractivity contribution is 0.0714. The summed E-state index contributed by atoms with van der Waals surface area (Å²) in [6.45, 7) is 9.33. The van der Waals surface area contributed by atoms with Crippen LogP contribution in [0.3, 0.4) is 0 Å². The summed E-state index contributed by atoms with van der Waals surface area (Å²) in [4.78, 5) is 29.7. The van der Waals surface area contributed by atoms with Gasteiger partial charge < -0.3 is 23.5 Å². The summed E-state index contributed by atoms with van der Waals surface area (Å²) in [6, 6.07) is 16.3. The molecule has 0 saturated carbocycles. The van der Waals surface area contributed by atoms with Crippen molar-refractivity contribution < 1.29 is 23.4 Å². The van der Waals surface area contributed by atoms with E-state index in [9.17, 15) is 9.59 Å². The molecule has 0 saturated heterocycles. The average molecular weight is 556 g/mol. The van der Waals surface area contributed by atoms with Crippen molar-refractivity contribution in [3.05, 3.63) is 98.4 Å². The van der Waals surface area contributed by atoms with Crippen molar-refractivity contribution in [3.8, 4) is 17.2 Å². The Balaban J connectivity index is 1.63. The van der Waals surface area contributed by atoms with E-state index in [0.29, 0.717) is 41.2 Å². The van der Waals surface area contributed by atoms with E-state index in [-0.39, 0.29) is 23.6 Å². The van der Waals surface area contributed by atoms with Crippen molar-refractivity contribution in [3.63, 3.8) is 0 Å². The average Bonchev–Trinajstić information content (AvgIpc) is 3.24. The first-order valence-corrected chi connectivity index (χ1v) is 14.3. The van der Waals surface area contributed by atoms with Gasteiger partial charge in [0.25, 0.3) is 5.91 Å². The normalized spacial score (nSPS) is 14.4. The molecular formula is C34H37NO6. The minimum absolute atomic E-state index is 0.0853. The van der Waals surface area contributed by atoms with E-state index in [0.717, 1.165) is 47.3 Å². The molecular weight excluding hydrogens is 518 g/mol. The topological polar surface area (TPSA) is 78.2 Å². The second kappa shape index (κ2) is 12.1. The van der Waals surface area contributed by atoms with Gasteiger partial charge >= 0.3 is 0 Å². The third-order valence-electron chi connectivity index (χ3n) is 7.68. The molecule has 7 heteroatoms. The number of aryl methyl sites for hydroxylation is 2. The van der Waals surface area contributed by atoms with E-state index in [1.165, 1.54) is 0 Å². The number of nitrogens with zero attached hydrogens (tertiary/aromatic N) is 1. The number of carbonyl (C=O) groups is 1. The number of hydrogen-bond donors (Lipinski definition) is 0. The van der Waals surface area contributed by atoms with Gasteiger partial charge in [-0.15, -0.1) is 0 Å². The number of rotatable bonds is 11. The van der Waals surface area contributed by atoms with Gasteiger partial charge in [-0.3, -0.25) is 9.59 Å². The molecule has 3 aromatic carbocycles. The van der Waals surface area contributed by atoms with Gasteiger partial charge in [0.2, 0.25) is 5.76 Å². The summed E-state index contributed by atoms with van der Waals surface area (Å²) < 4.78 is 23.5. The quantitative estimate of drug-likeness (QED) is 0.183. The minimum Gasteiger partial charge on any atom is -0.497 e. The third-order valence-corrected chi connectivity index (χ3v) is 7.68. The standard InChI is InChI=1S/C34H37NO6/c1-6-8-9-16-40-27-15-12-24(19-29(27)39-7-2)31-30-32(36)26-17-21(3)22(4)18-28(26)41-33(30)34(37)35(31)20-23-10-13-25(38-5)14-11-23/h10-15,17-19,31H,6-9,16,20H2,1-5H3. The monoisotopic (exact) mass is 555 g/mol. The largest absolute Gasteiger partial charge is 0.497 e. The van der Waals surface area contributed by atoms with Crippen LogP contribution in [0.15, 0.2) is 63.8 Å². The number of carbonyl (C=O) groups excluding carboxylic acids is 1. The molecule has 1 unspecified atom stereocenters. The van der Waals surface area contributed by atoms with Crippen LogP contribution < -0.4 is 19.6 Å². The highest BCUT2D eigenvalue weighted by atomic mass is 16.5. The molecule has 214 valence electrons. The first-order valence-electron chi connectivity index (χ1n) is 14.3. The van der Waals surface area contributed by atoms with Crippen molar-refractivity contribution in [2.75, 3.05) is 20.3 Å². The molecule has 0 bridgehead atoms. The summed E-state index contributed by atoms with van der Waals surface area (Å²) in [5.41, 5.74) is 4.21. The maximum atomic E-state index is 14.1. The molecule has 1 amide bonds. The van der Waals surface area contributed by atoms with Crippen LogP contribution in [-0.2, 0) is 6.54 Å². The van der Waals surface area contributed by atoms with E-state index >= 15 is 0 Å². The summed E-state index contributed by atoms with van der Waals surface area (Å²) in [7, 11) is 1.62. The number of unbranched alkanes of at least 4 members (excludes halogenated alkanes) is 2. The Morgan fingerprint density at radius 3 is 2.34 bits per heavy atom. The highest BCUT2D eigenvalue weighted by Crippen LogP contribution is 2.42. The van der Waals surface area contributed by atoms with E-state index < -0.39 is 6.04 Å². The van der Waals surface area contributed by atoms with Crippen molar-refractivity contribution >= 4 is 16.9 Å². The van der Waals surface area contributed by atoms with Crippen LogP contribution in [0.2, 0.25) is 0 Å². The fraction of sp³-hybridized carbons (Fsp3) is 0.353. The number of amides is 1. The molecule has 1 aromatic heterocycles. The Kier molecular flexibility index (Phi) is 8.34. The van der Waals surface area contributed by atoms with Crippen LogP contribution in [0.25, 0.3) is 11.0 Å². The van der Waals surface area contributed by atoms with Crippen LogP contribution in [0, 0.1) is 13.8 Å². The van der Waals surface area contributed by atoms with Crippen LogP contribution >= 0.6 is 0 Å². The Morgan fingerprint density at radius 1 is 0.878 bits per heavy atom. The predicted molar refractivity (Wildman–Crippen MR) is 159 cm³/mol. The SMILES string of the molecule is CCCCCOc1ccc(C2c3c(oc4cc(C)c(C)cc4c3=O)C(=O)N2Cc2ccc(OC)cc2)cc1OCC. The molecule has 2 heterocycles. The lowest BCUT2D eigenvalue weighted by Crippen LogP contribution is -2.29. The zero-order valence-corrected chi connectivity index (χ0v) is 24.4. The lowest BCUT2D eigenvalue weighted by Gasteiger charge is -2.26. The fourth-order valence-corrected chi connectivity index (χ4v) is 5.33. The van der Waals surface area contributed by atoms with Crippen molar-refractivity contribution in [1.82, 2.24) is 4.90 Å². The van der Waals surface area contributed by atoms with E-state index in [1.54, 1.807) is 12.0 Å². The number of methoxy groups -OCH3 is 1. The molecule has 0 aliphatic carbocycles. The number of benzene rings is 3. The van der Waals surface area contributed by atoms with Gasteiger partial charge in [0.05, 0.1) is 37.3 Å². The molecule has 0 spiro atoms. The third kappa shape index (κ3) is 5.53. The van der Waals surface area contributed by atoms with Crippen molar-refractivity contribution in [1.29, 1.82) is 0 Å². The van der Waals surface area contributed by atoms with Crippen LogP contribution in [0.4, 0.5) is 0 Å². The van der Waals surface area contributed by atoms with E-state index in [2.05, 4.69) is 6.92 Å². The lowest BCUT2D eigenvalue weighted by atomic mass is 9.97. The van der Waals surface area contributed by atoms with Crippen LogP contribution in [-0.4, -0.2) is 31.1 Å². The van der Waals surface area contributed by atoms with Crippen LogP contribution in [0.5, 0.6) is 17.2 Å². The molecule has 0 fully saturated rings. The maximum Gasteiger partial charge on any atom is 0.291 e. The summed E-state index contributed by atoms with van der Waals surface area (Å²) in [5.74, 6) is 1.72. The highest BCUT2D eigenvalue weighted by molar-refractivity contribution is 5.99. The van der Waals surface area contributed by atoms with Gasteiger partial charge in [-0.05, 0) is 85.8 Å². The second-order valence-electron chi connectivity index (χ2n) is 10.5. The van der Waals surface area contributed by atoms with Gasteiger partial charge in [-0.2, -0.15) is 0 Å². The number of hydrogen-bond acceptors (Lipinski definition) is 6. The molecule has 0 N–H and O–H groups in total. The molecule has 7 nitrogen and oxygen atoms in total. The first-order chi connectivity index (χ1) is 19.9. The van der Waals surface area contributed by atoms with E-state index in [4.69, 9.17) is 18.6 Å². The molecule has 5 rings (SSSR count). The summed E-state index contributed by atoms with van der Waals surface area (Å²) >= 11 is 0. The molecule has 4 aromatic rings. The van der Waals surface area contributed by atoms with Gasteiger partial charge in [0.1, 0.15) is 11.3 Å². The van der Waals surface area contributed by atoms with Gasteiger partial charge in [-0.1, -0.05) is 38.0 Å². The molecule has 41 heavy (non-hydrogen) atoms. The molecule has 1 aliphatic heterocycles. The maximum absolute atomic E-state index is 14.1. The predicted octanol–water partition coefficient (Wildman–Crippen LogP) is 7.13. The summed E-state index contributed by atoms with van der Waals surface area (Å²) in [5, 5.41) is 0.469. The Bertz CT molecular complexity index is 1620. The molecule has 1 atom stereocenters. The molecule has 0 radical (unpaired) electrons. The second-order valence-corrected chi connectivity index (χ2v) is 10.5. The van der Waals surface area contributed by atoms with Crippen molar-refractivity contribution in [2.45, 2.75) is 59.5 Å². The number of fused-ring (bicyclic) bond motifs is 2. The van der Waals surface area contributed by atoms with Gasteiger partial charge in [0, 0.05) is 6.54 Å². The zero-order chi connectivity index (χ0) is 29.1. The zero-order valence-electron chi connectivity index (χ0n) is 24.4. The molecule has 1 aliphatic rings. The van der Waals surface area contributed by atoms with Crippen LogP contribution in [0.1, 0.15) is 77.5 Å². The van der Waals surface area contributed by atoms with Gasteiger partial charge in [0.15, 0.2) is 16.9 Å². The smallest absolute Gasteiger partial charge is 0.291 e. The highest BCUT2D eigenvalue weighted by Gasteiger charge is 2.43. The fourth-order valence-electron chi connectivity index (χ4n) is 5.33. The van der Waals surface area contributed by atoms with E-state index in [1.807, 2.05) is 75.4 Å². The number of ether oxygens (including phenoxy) is 3. The Labute approximate surface area is 240 Å². The summed E-state index contributed by atoms with van der Waals surface area (Å²) in [6.07, 6.45) is 3.15. The van der Waals surface area contributed by atoms with Gasteiger partial charge in [-0.25, -0.2) is 0 Å². The minimum atomic E-state index is -0.657. The Morgan fingerprint density at radius 2 is 1.63 bits per heavy atom. The Hall–Kier alpha value is -4.26.